The van der Waals surface area contributed by atoms with Crippen molar-refractivity contribution in [1.82, 2.24) is 0 Å². The summed E-state index contributed by atoms with van der Waals surface area (Å²) in [6.45, 7) is 3.57. The molecule has 2 rings (SSSR count). The molecule has 1 fully saturated rings. The summed E-state index contributed by atoms with van der Waals surface area (Å²) in [5, 5.41) is 9.37. The molecule has 0 spiro atoms. The highest BCUT2D eigenvalue weighted by Gasteiger charge is 2.13. The minimum Gasteiger partial charge on any atom is -0.392 e. The highest BCUT2D eigenvalue weighted by atomic mass is 79.9. The van der Waals surface area contributed by atoms with E-state index in [1.54, 1.807) is 0 Å². The maximum absolute atomic E-state index is 9.37. The predicted molar refractivity (Wildman–Crippen MR) is 67.7 cm³/mol. The fraction of sp³-hybridized carbons (Fsp3) is 0.500. The number of nitrogens with zero attached hydrogens (tertiary/aromatic N) is 1. The molecule has 0 atom stereocenters. The average molecular weight is 286 g/mol. The third-order valence-corrected chi connectivity index (χ3v) is 3.27. The number of rotatable bonds is 2. The fourth-order valence-electron chi connectivity index (χ4n) is 1.98. The lowest BCUT2D eigenvalue weighted by atomic mass is 10.1. The molecule has 1 heterocycles. The quantitative estimate of drug-likeness (QED) is 0.904. The van der Waals surface area contributed by atoms with E-state index < -0.39 is 0 Å². The molecule has 1 aromatic rings. The van der Waals surface area contributed by atoms with Gasteiger partial charge in [-0.3, -0.25) is 0 Å². The monoisotopic (exact) mass is 285 g/mol. The highest BCUT2D eigenvalue weighted by Crippen LogP contribution is 2.25. The Kier molecular flexibility index (Phi) is 4.21. The zero-order valence-corrected chi connectivity index (χ0v) is 10.7. The van der Waals surface area contributed by atoms with Crippen LogP contribution in [0.1, 0.15) is 12.0 Å². The van der Waals surface area contributed by atoms with Gasteiger partial charge in [-0.05, 0) is 24.6 Å². The van der Waals surface area contributed by atoms with Crippen molar-refractivity contribution < 1.29 is 9.84 Å². The summed E-state index contributed by atoms with van der Waals surface area (Å²) in [5.74, 6) is 0. The lowest BCUT2D eigenvalue weighted by molar-refractivity contribution is 0.152. The Bertz CT molecular complexity index is 349. The molecule has 1 N–H and O–H groups in total. The summed E-state index contributed by atoms with van der Waals surface area (Å²) in [6.07, 6.45) is 1.04. The Balaban J connectivity index is 2.23. The Morgan fingerprint density at radius 1 is 1.31 bits per heavy atom. The molecule has 88 valence electrons. The van der Waals surface area contributed by atoms with Crippen molar-refractivity contribution in [2.75, 3.05) is 31.2 Å². The van der Waals surface area contributed by atoms with Crippen molar-refractivity contribution in [2.45, 2.75) is 13.0 Å². The third-order valence-electron chi connectivity index (χ3n) is 2.77. The number of aliphatic hydroxyl groups is 1. The Morgan fingerprint density at radius 2 is 2.19 bits per heavy atom. The first-order valence-corrected chi connectivity index (χ1v) is 6.32. The van der Waals surface area contributed by atoms with Crippen LogP contribution in [0, 0.1) is 0 Å². The zero-order chi connectivity index (χ0) is 11.4. The molecule has 1 aliphatic heterocycles. The first kappa shape index (κ1) is 11.9. The molecule has 4 heteroatoms. The van der Waals surface area contributed by atoms with Crippen LogP contribution in [-0.2, 0) is 11.3 Å². The molecule has 16 heavy (non-hydrogen) atoms. The van der Waals surface area contributed by atoms with Gasteiger partial charge in [0.25, 0.3) is 0 Å². The van der Waals surface area contributed by atoms with Crippen LogP contribution in [0.3, 0.4) is 0 Å². The second-order valence-electron chi connectivity index (χ2n) is 3.88. The molecule has 3 nitrogen and oxygen atoms in total. The van der Waals surface area contributed by atoms with Crippen LogP contribution >= 0.6 is 15.9 Å². The fourth-order valence-corrected chi connectivity index (χ4v) is 2.38. The van der Waals surface area contributed by atoms with Crippen LogP contribution in [-0.4, -0.2) is 31.4 Å². The van der Waals surface area contributed by atoms with Gasteiger partial charge in [-0.2, -0.15) is 0 Å². The normalized spacial score (nSPS) is 17.2. The van der Waals surface area contributed by atoms with Gasteiger partial charge in [-0.1, -0.05) is 15.9 Å². The molecule has 0 bridgehead atoms. The standard InChI is InChI=1S/C12H16BrNO2/c13-11-2-3-12(10(8-11)9-15)14-4-1-6-16-7-5-14/h2-3,8,15H,1,4-7,9H2. The molecule has 0 aliphatic carbocycles. The van der Waals surface area contributed by atoms with Gasteiger partial charge in [-0.15, -0.1) is 0 Å². The number of hydrogen-bond donors (Lipinski definition) is 1. The van der Waals surface area contributed by atoms with Crippen LogP contribution in [0.25, 0.3) is 0 Å². The summed E-state index contributed by atoms with van der Waals surface area (Å²) in [4.78, 5) is 2.28. The molecule has 1 aliphatic rings. The lowest BCUT2D eigenvalue weighted by Gasteiger charge is -2.24. The van der Waals surface area contributed by atoms with Crippen molar-refractivity contribution in [2.24, 2.45) is 0 Å². The minimum atomic E-state index is 0.0755. The first-order chi connectivity index (χ1) is 7.81. The van der Waals surface area contributed by atoms with Crippen molar-refractivity contribution in [3.05, 3.63) is 28.2 Å². The minimum absolute atomic E-state index is 0.0755. The summed E-state index contributed by atoms with van der Waals surface area (Å²) < 4.78 is 6.44. The van der Waals surface area contributed by atoms with E-state index in [-0.39, 0.29) is 6.61 Å². The zero-order valence-electron chi connectivity index (χ0n) is 9.16. The first-order valence-electron chi connectivity index (χ1n) is 5.53. The summed E-state index contributed by atoms with van der Waals surface area (Å²) in [6, 6.07) is 6.04. The van der Waals surface area contributed by atoms with E-state index >= 15 is 0 Å². The van der Waals surface area contributed by atoms with Gasteiger partial charge < -0.3 is 14.7 Å². The maximum Gasteiger partial charge on any atom is 0.0702 e. The second kappa shape index (κ2) is 5.66. The Hall–Kier alpha value is -0.580. The third kappa shape index (κ3) is 2.75. The molecule has 0 unspecified atom stereocenters. The molecule has 0 radical (unpaired) electrons. The van der Waals surface area contributed by atoms with E-state index in [2.05, 4.69) is 26.9 Å². The molecule has 1 saturated heterocycles. The molecule has 0 saturated carbocycles. The van der Waals surface area contributed by atoms with Gasteiger partial charge >= 0.3 is 0 Å². The van der Waals surface area contributed by atoms with Crippen molar-refractivity contribution >= 4 is 21.6 Å². The predicted octanol–water partition coefficient (Wildman–Crippen LogP) is 2.17. The number of benzene rings is 1. The number of ether oxygens (including phenoxy) is 1. The topological polar surface area (TPSA) is 32.7 Å². The van der Waals surface area contributed by atoms with Gasteiger partial charge in [0.15, 0.2) is 0 Å². The molecular formula is C12H16BrNO2. The molecular weight excluding hydrogens is 270 g/mol. The Labute approximate surface area is 104 Å². The number of halogens is 1. The number of anilines is 1. The van der Waals surface area contributed by atoms with Gasteiger partial charge in [0.2, 0.25) is 0 Å². The second-order valence-corrected chi connectivity index (χ2v) is 4.80. The van der Waals surface area contributed by atoms with Crippen LogP contribution < -0.4 is 4.90 Å². The van der Waals surface area contributed by atoms with Crippen molar-refractivity contribution in [1.29, 1.82) is 0 Å². The molecule has 0 aromatic heterocycles. The summed E-state index contributed by atoms with van der Waals surface area (Å²) in [5.41, 5.74) is 2.09. The van der Waals surface area contributed by atoms with Crippen LogP contribution in [0.4, 0.5) is 5.69 Å². The Morgan fingerprint density at radius 3 is 3.00 bits per heavy atom. The number of aliphatic hydroxyl groups excluding tert-OH is 1. The van der Waals surface area contributed by atoms with Crippen molar-refractivity contribution in [3.63, 3.8) is 0 Å². The van der Waals surface area contributed by atoms with E-state index in [0.29, 0.717) is 0 Å². The van der Waals surface area contributed by atoms with E-state index in [1.807, 2.05) is 12.1 Å². The van der Waals surface area contributed by atoms with E-state index in [0.717, 1.165) is 48.4 Å². The van der Waals surface area contributed by atoms with E-state index in [4.69, 9.17) is 4.74 Å². The maximum atomic E-state index is 9.37. The van der Waals surface area contributed by atoms with E-state index in [1.165, 1.54) is 0 Å². The summed E-state index contributed by atoms with van der Waals surface area (Å²) in [7, 11) is 0. The molecule has 1 aromatic carbocycles. The SMILES string of the molecule is OCc1cc(Br)ccc1N1CCCOCC1. The lowest BCUT2D eigenvalue weighted by Crippen LogP contribution is -2.26. The highest BCUT2D eigenvalue weighted by molar-refractivity contribution is 9.10. The molecule has 0 amide bonds. The van der Waals surface area contributed by atoms with Gasteiger partial charge in [0.05, 0.1) is 13.2 Å². The summed E-state index contributed by atoms with van der Waals surface area (Å²) >= 11 is 3.42. The van der Waals surface area contributed by atoms with Crippen LogP contribution in [0.2, 0.25) is 0 Å². The average Bonchev–Trinajstić information content (AvgIpc) is 2.57. The van der Waals surface area contributed by atoms with Gasteiger partial charge in [0.1, 0.15) is 0 Å². The van der Waals surface area contributed by atoms with Crippen molar-refractivity contribution in [3.8, 4) is 0 Å². The van der Waals surface area contributed by atoms with E-state index in [9.17, 15) is 5.11 Å². The van der Waals surface area contributed by atoms with Gasteiger partial charge in [0, 0.05) is 35.4 Å². The largest absolute Gasteiger partial charge is 0.392 e. The smallest absolute Gasteiger partial charge is 0.0702 e. The van der Waals surface area contributed by atoms with Crippen LogP contribution in [0.15, 0.2) is 22.7 Å². The van der Waals surface area contributed by atoms with Gasteiger partial charge in [-0.25, -0.2) is 0 Å². The number of hydrogen-bond acceptors (Lipinski definition) is 3. The van der Waals surface area contributed by atoms with Crippen LogP contribution in [0.5, 0.6) is 0 Å².